The van der Waals surface area contributed by atoms with Crippen LogP contribution in [0, 0.1) is 0 Å². The second kappa shape index (κ2) is 4.96. The minimum Gasteiger partial charge on any atom is -0.370 e. The molecule has 0 heterocycles. The van der Waals surface area contributed by atoms with Crippen molar-refractivity contribution in [2.45, 2.75) is 43.9 Å². The lowest BCUT2D eigenvalue weighted by Gasteiger charge is -2.38. The van der Waals surface area contributed by atoms with Crippen molar-refractivity contribution in [1.82, 2.24) is 5.32 Å². The normalized spacial score (nSPS) is 22.3. The first-order valence-electron chi connectivity index (χ1n) is 5.36. The van der Waals surface area contributed by atoms with E-state index >= 15 is 0 Å². The predicted molar refractivity (Wildman–Crippen MR) is 65.4 cm³/mol. The maximum absolute atomic E-state index is 11.6. The second-order valence-electron chi connectivity index (χ2n) is 4.49. The lowest BCUT2D eigenvalue weighted by atomic mass is 9.84. The quantitative estimate of drug-likeness (QED) is 0.550. The van der Waals surface area contributed by atoms with E-state index in [0.29, 0.717) is 18.5 Å². The van der Waals surface area contributed by atoms with Crippen molar-refractivity contribution in [2.24, 2.45) is 10.7 Å². The summed E-state index contributed by atoms with van der Waals surface area (Å²) in [5.41, 5.74) is 5.70. The molecule has 5 heteroatoms. The lowest BCUT2D eigenvalue weighted by molar-refractivity contribution is 0.361. The number of nitrogens with zero attached hydrogens (tertiary/aromatic N) is 1. The molecule has 1 aliphatic carbocycles. The van der Waals surface area contributed by atoms with Crippen LogP contribution in [0.4, 0.5) is 0 Å². The molecular weight excluding hydrogens is 210 g/mol. The molecule has 0 amide bonds. The first-order chi connectivity index (χ1) is 6.96. The molecule has 1 aliphatic rings. The monoisotopic (exact) mass is 231 g/mol. The number of aliphatic imine (C=N–C) groups is 1. The molecule has 0 spiro atoms. The average molecular weight is 231 g/mol. The van der Waals surface area contributed by atoms with Crippen LogP contribution in [0.2, 0.25) is 0 Å². The van der Waals surface area contributed by atoms with E-state index in [1.807, 2.05) is 13.8 Å². The summed E-state index contributed by atoms with van der Waals surface area (Å²) in [7, 11) is -0.802. The van der Waals surface area contributed by atoms with E-state index in [0.717, 1.165) is 19.3 Å². The van der Waals surface area contributed by atoms with Crippen molar-refractivity contribution in [2.75, 3.05) is 12.8 Å². The third-order valence-electron chi connectivity index (χ3n) is 2.85. The van der Waals surface area contributed by atoms with Crippen LogP contribution in [-0.2, 0) is 10.8 Å². The van der Waals surface area contributed by atoms with Gasteiger partial charge in [-0.25, -0.2) is 0 Å². The molecule has 1 fully saturated rings. The van der Waals surface area contributed by atoms with Gasteiger partial charge >= 0.3 is 0 Å². The van der Waals surface area contributed by atoms with Gasteiger partial charge in [-0.1, -0.05) is 6.42 Å². The Hall–Kier alpha value is -0.580. The third-order valence-corrected chi connectivity index (χ3v) is 4.61. The Kier molecular flexibility index (Phi) is 4.13. The molecule has 88 valence electrons. The first-order valence-corrected chi connectivity index (χ1v) is 6.92. The number of nitrogens with two attached hydrogens (primary N) is 1. The van der Waals surface area contributed by atoms with Crippen LogP contribution >= 0.6 is 0 Å². The molecule has 15 heavy (non-hydrogen) atoms. The zero-order chi connectivity index (χ0) is 11.5. The molecule has 1 rings (SSSR count). The Morgan fingerprint density at radius 1 is 1.60 bits per heavy atom. The molecule has 0 aromatic carbocycles. The summed E-state index contributed by atoms with van der Waals surface area (Å²) in [6, 6.07) is 0.290. The maximum Gasteiger partial charge on any atom is 0.188 e. The minimum absolute atomic E-state index is 0.0940. The molecule has 1 atom stereocenters. The predicted octanol–water partition coefficient (Wildman–Crippen LogP) is 0.600. The van der Waals surface area contributed by atoms with E-state index in [2.05, 4.69) is 10.3 Å². The average Bonchev–Trinajstić information content (AvgIpc) is 1.99. The fourth-order valence-electron chi connectivity index (χ4n) is 1.68. The standard InChI is InChI=1S/C10H21N3OS/c1-8(2)13-9(11)12-7-10(15(3)14)5-4-6-10/h8H,4-7H2,1-3H3,(H3,11,12,13). The van der Waals surface area contributed by atoms with Gasteiger partial charge in [-0.2, -0.15) is 0 Å². The number of guanidine groups is 1. The minimum atomic E-state index is -0.802. The van der Waals surface area contributed by atoms with E-state index in [9.17, 15) is 4.21 Å². The van der Waals surface area contributed by atoms with E-state index < -0.39 is 10.8 Å². The molecule has 1 saturated carbocycles. The number of hydrogen-bond donors (Lipinski definition) is 2. The summed E-state index contributed by atoms with van der Waals surface area (Å²) in [6.07, 6.45) is 4.94. The molecular formula is C10H21N3OS. The van der Waals surface area contributed by atoms with Crippen LogP contribution in [0.5, 0.6) is 0 Å². The molecule has 0 saturated heterocycles. The van der Waals surface area contributed by atoms with Gasteiger partial charge in [-0.3, -0.25) is 9.20 Å². The van der Waals surface area contributed by atoms with Gasteiger partial charge in [0.25, 0.3) is 0 Å². The summed E-state index contributed by atoms with van der Waals surface area (Å²) in [5.74, 6) is 0.460. The van der Waals surface area contributed by atoms with Gasteiger partial charge < -0.3 is 11.1 Å². The van der Waals surface area contributed by atoms with Crippen LogP contribution in [-0.4, -0.2) is 33.8 Å². The first kappa shape index (κ1) is 12.5. The van der Waals surface area contributed by atoms with E-state index in [1.54, 1.807) is 6.26 Å². The molecule has 0 aromatic rings. The second-order valence-corrected chi connectivity index (χ2v) is 6.27. The molecule has 0 radical (unpaired) electrons. The van der Waals surface area contributed by atoms with Crippen LogP contribution in [0.3, 0.4) is 0 Å². The maximum atomic E-state index is 11.6. The van der Waals surface area contributed by atoms with Crippen molar-refractivity contribution in [1.29, 1.82) is 0 Å². The summed E-state index contributed by atoms with van der Waals surface area (Å²) in [5, 5.41) is 3.03. The zero-order valence-electron chi connectivity index (χ0n) is 9.75. The smallest absolute Gasteiger partial charge is 0.188 e. The summed E-state index contributed by atoms with van der Waals surface area (Å²) < 4.78 is 11.5. The van der Waals surface area contributed by atoms with Gasteiger partial charge in [0.2, 0.25) is 0 Å². The Labute approximate surface area is 94.2 Å². The van der Waals surface area contributed by atoms with Crippen LogP contribution < -0.4 is 11.1 Å². The highest BCUT2D eigenvalue weighted by Gasteiger charge is 2.40. The summed E-state index contributed by atoms with van der Waals surface area (Å²) in [4.78, 5) is 4.27. The number of hydrogen-bond acceptors (Lipinski definition) is 2. The molecule has 4 nitrogen and oxygen atoms in total. The fraction of sp³-hybridized carbons (Fsp3) is 0.900. The topological polar surface area (TPSA) is 67.5 Å². The van der Waals surface area contributed by atoms with Gasteiger partial charge in [0, 0.05) is 23.1 Å². The van der Waals surface area contributed by atoms with Crippen molar-refractivity contribution in [3.63, 3.8) is 0 Å². The number of rotatable bonds is 4. The van der Waals surface area contributed by atoms with E-state index in [-0.39, 0.29) is 4.75 Å². The van der Waals surface area contributed by atoms with Crippen LogP contribution in [0.25, 0.3) is 0 Å². The Morgan fingerprint density at radius 2 is 2.20 bits per heavy atom. The van der Waals surface area contributed by atoms with Crippen molar-refractivity contribution >= 4 is 16.8 Å². The number of nitrogens with one attached hydrogen (secondary N) is 1. The molecule has 0 aromatic heterocycles. The molecule has 0 bridgehead atoms. The third kappa shape index (κ3) is 3.19. The van der Waals surface area contributed by atoms with Gasteiger partial charge in [0.1, 0.15) is 0 Å². The van der Waals surface area contributed by atoms with E-state index in [4.69, 9.17) is 5.73 Å². The van der Waals surface area contributed by atoms with E-state index in [1.165, 1.54) is 0 Å². The van der Waals surface area contributed by atoms with Gasteiger partial charge in [0.05, 0.1) is 11.3 Å². The Morgan fingerprint density at radius 3 is 2.53 bits per heavy atom. The van der Waals surface area contributed by atoms with Gasteiger partial charge in [0.15, 0.2) is 5.96 Å². The highest BCUT2D eigenvalue weighted by Crippen LogP contribution is 2.37. The van der Waals surface area contributed by atoms with Crippen molar-refractivity contribution in [3.05, 3.63) is 0 Å². The Bertz CT molecular complexity index is 272. The summed E-state index contributed by atoms with van der Waals surface area (Å²) >= 11 is 0. The fourth-order valence-corrected chi connectivity index (χ4v) is 2.79. The highest BCUT2D eigenvalue weighted by molar-refractivity contribution is 7.85. The Balaban J connectivity index is 2.50. The highest BCUT2D eigenvalue weighted by atomic mass is 32.2. The molecule has 1 unspecified atom stereocenters. The summed E-state index contributed by atoms with van der Waals surface area (Å²) in [6.45, 7) is 4.61. The van der Waals surface area contributed by atoms with Gasteiger partial charge in [-0.05, 0) is 26.7 Å². The van der Waals surface area contributed by atoms with Gasteiger partial charge in [-0.15, -0.1) is 0 Å². The zero-order valence-corrected chi connectivity index (χ0v) is 10.6. The molecule has 0 aliphatic heterocycles. The lowest BCUT2D eigenvalue weighted by Crippen LogP contribution is -2.46. The SMILES string of the molecule is CC(C)NC(N)=NCC1(S(C)=O)CCC1. The van der Waals surface area contributed by atoms with Crippen molar-refractivity contribution < 1.29 is 4.21 Å². The van der Waals surface area contributed by atoms with Crippen LogP contribution in [0.15, 0.2) is 4.99 Å². The van der Waals surface area contributed by atoms with Crippen LogP contribution in [0.1, 0.15) is 33.1 Å². The largest absolute Gasteiger partial charge is 0.370 e. The molecule has 3 N–H and O–H groups in total. The van der Waals surface area contributed by atoms with Crippen molar-refractivity contribution in [3.8, 4) is 0 Å².